The van der Waals surface area contributed by atoms with E-state index < -0.39 is 0 Å². The smallest absolute Gasteiger partial charge is 0.214 e. The number of hydrogen-bond acceptors (Lipinski definition) is 2. The summed E-state index contributed by atoms with van der Waals surface area (Å²) in [6.45, 7) is 6.62. The van der Waals surface area contributed by atoms with Gasteiger partial charge < -0.3 is 59.4 Å². The van der Waals surface area contributed by atoms with Gasteiger partial charge in [0.25, 0.3) is 0 Å². The van der Waals surface area contributed by atoms with E-state index >= 15 is 0 Å². The molecule has 0 spiro atoms. The molecule has 1 aromatic heterocycles. The van der Waals surface area contributed by atoms with E-state index in [0.29, 0.717) is 6.04 Å². The number of unbranched alkanes of at least 4 members (excludes halogenated alkanes) is 11. The largest absolute Gasteiger partial charge is 1.00 e. The molecule has 4 N–H and O–H groups in total. The first-order valence-electron chi connectivity index (χ1n) is 15.2. The van der Waals surface area contributed by atoms with Crippen LogP contribution in [0.25, 0.3) is 10.9 Å². The minimum atomic E-state index is 0. The van der Waals surface area contributed by atoms with Gasteiger partial charge in [0.15, 0.2) is 17.4 Å². The lowest BCUT2D eigenvalue weighted by Crippen LogP contribution is -3.00. The molecule has 1 aromatic carbocycles. The Kier molecular flexibility index (Phi) is 15.8. The molecule has 0 bridgehead atoms. The number of halogens is 2. The summed E-state index contributed by atoms with van der Waals surface area (Å²) in [4.78, 5) is 0. The van der Waals surface area contributed by atoms with Gasteiger partial charge in [0, 0.05) is 62.6 Å². The van der Waals surface area contributed by atoms with Gasteiger partial charge in [-0.3, -0.25) is 0 Å². The van der Waals surface area contributed by atoms with E-state index in [9.17, 15) is 0 Å². The normalized spacial score (nSPS) is 16.2. The van der Waals surface area contributed by atoms with E-state index in [4.69, 9.17) is 11.5 Å². The van der Waals surface area contributed by atoms with Crippen molar-refractivity contribution in [3.8, 4) is 0 Å². The summed E-state index contributed by atoms with van der Waals surface area (Å²) in [5.74, 6) is 0. The Morgan fingerprint density at radius 1 is 0.775 bits per heavy atom. The number of nitrogen functional groups attached to an aromatic ring is 1. The van der Waals surface area contributed by atoms with Crippen LogP contribution in [0.15, 0.2) is 65.9 Å². The summed E-state index contributed by atoms with van der Waals surface area (Å²) in [6, 6.07) is 11.1. The zero-order chi connectivity index (χ0) is 26.7. The molecule has 220 valence electrons. The molecular formula is C34H50I2N4. The number of nitrogens with two attached hydrogens (primary N) is 2. The highest BCUT2D eigenvalue weighted by atomic mass is 127. The highest BCUT2D eigenvalue weighted by Crippen LogP contribution is 2.25. The van der Waals surface area contributed by atoms with Crippen molar-refractivity contribution < 1.29 is 57.1 Å². The van der Waals surface area contributed by atoms with Gasteiger partial charge in [-0.25, -0.2) is 4.58 Å². The van der Waals surface area contributed by atoms with Crippen LogP contribution < -0.4 is 64.0 Å². The van der Waals surface area contributed by atoms with Crippen LogP contribution >= 0.6 is 0 Å². The number of benzene rings is 1. The Morgan fingerprint density at radius 3 is 2.00 bits per heavy atom. The summed E-state index contributed by atoms with van der Waals surface area (Å²) in [5.41, 5.74) is 19.5. The second-order valence-corrected chi connectivity index (χ2v) is 11.4. The van der Waals surface area contributed by atoms with Gasteiger partial charge in [0.2, 0.25) is 5.52 Å². The molecule has 6 heteroatoms. The van der Waals surface area contributed by atoms with Crippen LogP contribution in [-0.2, 0) is 6.54 Å². The Hall–Kier alpha value is -1.42. The number of hydrogen-bond donors (Lipinski definition) is 2. The van der Waals surface area contributed by atoms with E-state index in [1.54, 1.807) is 0 Å². The molecule has 1 unspecified atom stereocenters. The Balaban J connectivity index is 0.00000280. The molecule has 1 aliphatic heterocycles. The fraction of sp³-hybridized carbons (Fsp3) is 0.529. The minimum Gasteiger partial charge on any atom is -1.00 e. The molecule has 2 aromatic rings. The van der Waals surface area contributed by atoms with Crippen molar-refractivity contribution in [3.05, 3.63) is 71.6 Å². The summed E-state index contributed by atoms with van der Waals surface area (Å²) >= 11 is 0. The van der Waals surface area contributed by atoms with E-state index in [0.717, 1.165) is 30.9 Å². The van der Waals surface area contributed by atoms with Gasteiger partial charge >= 0.3 is 0 Å². The second-order valence-electron chi connectivity index (χ2n) is 11.4. The molecule has 4 rings (SSSR count). The van der Waals surface area contributed by atoms with Gasteiger partial charge in [-0.05, 0) is 18.9 Å². The lowest BCUT2D eigenvalue weighted by Gasteiger charge is -2.25. The summed E-state index contributed by atoms with van der Waals surface area (Å²) in [7, 11) is 0. The predicted molar refractivity (Wildman–Crippen MR) is 162 cm³/mol. The van der Waals surface area contributed by atoms with Crippen LogP contribution in [0.5, 0.6) is 0 Å². The number of nitrogens with zero attached hydrogens (tertiary/aromatic N) is 2. The third-order valence-electron chi connectivity index (χ3n) is 8.48. The average molecular weight is 769 g/mol. The molecule has 0 saturated carbocycles. The molecule has 1 atom stereocenters. The fourth-order valence-corrected chi connectivity index (χ4v) is 6.31. The van der Waals surface area contributed by atoms with Crippen molar-refractivity contribution >= 4 is 22.3 Å². The molecule has 2 heterocycles. The van der Waals surface area contributed by atoms with Crippen molar-refractivity contribution in [2.24, 2.45) is 5.73 Å². The number of fused-ring (bicyclic) bond motifs is 2. The number of aryl methyl sites for hydroxylation is 2. The average Bonchev–Trinajstić information content (AvgIpc) is 2.92. The van der Waals surface area contributed by atoms with Gasteiger partial charge in [0.05, 0.1) is 11.1 Å². The molecular weight excluding hydrogens is 718 g/mol. The van der Waals surface area contributed by atoms with Crippen LogP contribution in [0.1, 0.15) is 96.1 Å². The first kappa shape index (κ1) is 34.8. The van der Waals surface area contributed by atoms with Crippen LogP contribution in [-0.4, -0.2) is 22.9 Å². The Morgan fingerprint density at radius 2 is 1.35 bits per heavy atom. The first-order chi connectivity index (χ1) is 18.6. The lowest BCUT2D eigenvalue weighted by atomic mass is 9.92. The summed E-state index contributed by atoms with van der Waals surface area (Å²) < 4.78 is 5.01. The molecule has 1 aliphatic carbocycles. The van der Waals surface area contributed by atoms with E-state index in [2.05, 4.69) is 77.6 Å². The molecule has 0 radical (unpaired) electrons. The van der Waals surface area contributed by atoms with Gasteiger partial charge in [-0.2, -0.15) is 4.57 Å². The maximum atomic E-state index is 6.27. The maximum Gasteiger partial charge on any atom is 0.214 e. The Bertz CT molecular complexity index is 1210. The molecule has 0 saturated heterocycles. The molecule has 0 fully saturated rings. The topological polar surface area (TPSA) is 58.9 Å². The van der Waals surface area contributed by atoms with Gasteiger partial charge in [0.1, 0.15) is 13.1 Å². The van der Waals surface area contributed by atoms with Gasteiger partial charge in [-0.15, -0.1) is 0 Å². The fourth-order valence-electron chi connectivity index (χ4n) is 6.31. The molecule has 2 aliphatic rings. The van der Waals surface area contributed by atoms with Crippen LogP contribution in [0.3, 0.4) is 0 Å². The van der Waals surface area contributed by atoms with E-state index in [1.165, 1.54) is 105 Å². The SMILES string of the molecule is CC1=[N+](CCCCCCCCCCCCCC[n+]2c(C)cc(N)c3ccccc32)C2CC=CC=C2C(N)=C1.[I-].[I-]. The zero-order valence-electron chi connectivity index (χ0n) is 24.7. The van der Waals surface area contributed by atoms with Crippen LogP contribution in [0.4, 0.5) is 5.69 Å². The molecule has 40 heavy (non-hydrogen) atoms. The highest BCUT2D eigenvalue weighted by molar-refractivity contribution is 5.91. The number of anilines is 1. The van der Waals surface area contributed by atoms with Crippen molar-refractivity contribution in [1.82, 2.24) is 0 Å². The predicted octanol–water partition coefficient (Wildman–Crippen LogP) is 1.29. The van der Waals surface area contributed by atoms with Crippen molar-refractivity contribution in [3.63, 3.8) is 0 Å². The van der Waals surface area contributed by atoms with Crippen molar-refractivity contribution in [2.75, 3.05) is 12.3 Å². The van der Waals surface area contributed by atoms with E-state index in [-0.39, 0.29) is 48.0 Å². The quantitative estimate of drug-likeness (QED) is 0.163. The number of allylic oxidation sites excluding steroid dienone is 3. The second kappa shape index (κ2) is 18.2. The highest BCUT2D eigenvalue weighted by Gasteiger charge is 2.32. The summed E-state index contributed by atoms with van der Waals surface area (Å²) in [5, 5.41) is 1.17. The Labute approximate surface area is 277 Å². The summed E-state index contributed by atoms with van der Waals surface area (Å²) in [6.07, 6.45) is 26.1. The third-order valence-corrected chi connectivity index (χ3v) is 8.48. The molecule has 4 nitrogen and oxygen atoms in total. The number of pyridine rings is 1. The van der Waals surface area contributed by atoms with Crippen molar-refractivity contribution in [1.29, 1.82) is 0 Å². The zero-order valence-corrected chi connectivity index (χ0v) is 29.0. The maximum absolute atomic E-state index is 6.27. The molecule has 0 amide bonds. The van der Waals surface area contributed by atoms with Crippen LogP contribution in [0.2, 0.25) is 0 Å². The number of aromatic nitrogens is 1. The van der Waals surface area contributed by atoms with Crippen LogP contribution in [0, 0.1) is 6.92 Å². The van der Waals surface area contributed by atoms with E-state index in [1.807, 2.05) is 0 Å². The third kappa shape index (κ3) is 9.57. The van der Waals surface area contributed by atoms with Gasteiger partial charge in [-0.1, -0.05) is 81.7 Å². The number of rotatable bonds is 15. The lowest BCUT2D eigenvalue weighted by molar-refractivity contribution is -0.677. The first-order valence-corrected chi connectivity index (χ1v) is 15.2. The standard InChI is InChI=1S/C34H48N4.2HI/c1-27-25-31(35)29-19-13-15-21-33(29)37(27)23-17-11-9-7-5-3-4-6-8-10-12-18-24-38-28(2)26-32(36)30-20-14-16-22-34(30)38;;/h13-16,19-21,25-26,34-36H,3-12,17-18,22-24H2,1-2H3;2*1H. The minimum absolute atomic E-state index is 0. The number of para-hydroxylation sites is 1. The van der Waals surface area contributed by atoms with Crippen molar-refractivity contribution in [2.45, 2.75) is 110 Å². The monoisotopic (exact) mass is 768 g/mol.